The molecule has 1 aromatic carbocycles. The van der Waals surface area contributed by atoms with Crippen molar-refractivity contribution in [3.63, 3.8) is 0 Å². The molecule has 0 aliphatic carbocycles. The normalized spacial score (nSPS) is 18.7. The van der Waals surface area contributed by atoms with E-state index < -0.39 is 0 Å². The molecule has 0 amide bonds. The van der Waals surface area contributed by atoms with Gasteiger partial charge in [-0.1, -0.05) is 18.2 Å². The minimum absolute atomic E-state index is 0.276. The number of benzene rings is 1. The molecular weight excluding hydrogens is 222 g/mol. The Kier molecular flexibility index (Phi) is 2.71. The second-order valence-corrected chi connectivity index (χ2v) is 5.24. The zero-order valence-electron chi connectivity index (χ0n) is 11.0. The molecule has 0 fully saturated rings. The van der Waals surface area contributed by atoms with Gasteiger partial charge in [-0.3, -0.25) is 0 Å². The predicted molar refractivity (Wildman–Crippen MR) is 73.4 cm³/mol. The molecule has 1 aromatic heterocycles. The molecular formula is C15H19N3. The van der Waals surface area contributed by atoms with E-state index in [2.05, 4.69) is 41.6 Å². The van der Waals surface area contributed by atoms with Gasteiger partial charge in [-0.25, -0.2) is 4.98 Å². The van der Waals surface area contributed by atoms with Crippen LogP contribution in [0.1, 0.15) is 23.2 Å². The van der Waals surface area contributed by atoms with Crippen LogP contribution in [0.15, 0.2) is 24.5 Å². The summed E-state index contributed by atoms with van der Waals surface area (Å²) in [7, 11) is 0. The standard InChI is InChI=1S/C15H19N3/c1-10-4-3-5-13(11(10)2)15-14-7-6-12(16)8-18(14)9-17-15/h3-5,9,12H,6-8,16H2,1-2H3. The van der Waals surface area contributed by atoms with E-state index in [0.717, 1.165) is 25.1 Å². The summed E-state index contributed by atoms with van der Waals surface area (Å²) in [5, 5.41) is 0. The lowest BCUT2D eigenvalue weighted by Gasteiger charge is -2.21. The molecule has 94 valence electrons. The lowest BCUT2D eigenvalue weighted by atomic mass is 9.97. The molecule has 0 bridgehead atoms. The van der Waals surface area contributed by atoms with Gasteiger partial charge in [0.25, 0.3) is 0 Å². The third-order valence-corrected chi connectivity index (χ3v) is 3.99. The molecule has 1 atom stereocenters. The van der Waals surface area contributed by atoms with Gasteiger partial charge >= 0.3 is 0 Å². The van der Waals surface area contributed by atoms with Crippen molar-refractivity contribution < 1.29 is 0 Å². The highest BCUT2D eigenvalue weighted by Gasteiger charge is 2.20. The monoisotopic (exact) mass is 241 g/mol. The quantitative estimate of drug-likeness (QED) is 0.833. The van der Waals surface area contributed by atoms with Gasteiger partial charge in [-0.15, -0.1) is 0 Å². The van der Waals surface area contributed by atoms with Gasteiger partial charge in [0.2, 0.25) is 0 Å². The van der Waals surface area contributed by atoms with Crippen LogP contribution in [0.3, 0.4) is 0 Å². The summed E-state index contributed by atoms with van der Waals surface area (Å²) in [4.78, 5) is 4.61. The zero-order chi connectivity index (χ0) is 12.7. The number of fused-ring (bicyclic) bond motifs is 1. The Morgan fingerprint density at radius 1 is 1.33 bits per heavy atom. The van der Waals surface area contributed by atoms with Crippen molar-refractivity contribution in [1.29, 1.82) is 0 Å². The molecule has 18 heavy (non-hydrogen) atoms. The van der Waals surface area contributed by atoms with Crippen molar-refractivity contribution in [2.75, 3.05) is 0 Å². The Balaban J connectivity index is 2.11. The van der Waals surface area contributed by atoms with Crippen LogP contribution in [0, 0.1) is 13.8 Å². The van der Waals surface area contributed by atoms with Crippen molar-refractivity contribution in [2.24, 2.45) is 5.73 Å². The van der Waals surface area contributed by atoms with Crippen molar-refractivity contribution >= 4 is 0 Å². The maximum atomic E-state index is 6.00. The van der Waals surface area contributed by atoms with Gasteiger partial charge in [-0.2, -0.15) is 0 Å². The molecule has 0 spiro atoms. The third kappa shape index (κ3) is 1.75. The molecule has 0 saturated heterocycles. The topological polar surface area (TPSA) is 43.8 Å². The summed E-state index contributed by atoms with van der Waals surface area (Å²) in [6.45, 7) is 5.22. The van der Waals surface area contributed by atoms with Crippen molar-refractivity contribution in [3.8, 4) is 11.3 Å². The minimum Gasteiger partial charge on any atom is -0.332 e. The number of imidazole rings is 1. The van der Waals surface area contributed by atoms with E-state index in [-0.39, 0.29) is 6.04 Å². The van der Waals surface area contributed by atoms with E-state index >= 15 is 0 Å². The summed E-state index contributed by atoms with van der Waals surface area (Å²) < 4.78 is 2.21. The number of nitrogens with two attached hydrogens (primary N) is 1. The van der Waals surface area contributed by atoms with Crippen LogP contribution in [-0.2, 0) is 13.0 Å². The fourth-order valence-corrected chi connectivity index (χ4v) is 2.73. The van der Waals surface area contributed by atoms with Gasteiger partial charge in [0.15, 0.2) is 0 Å². The SMILES string of the molecule is Cc1cccc(-c2ncn3c2CCC(N)C3)c1C. The van der Waals surface area contributed by atoms with E-state index in [1.54, 1.807) is 0 Å². The van der Waals surface area contributed by atoms with Gasteiger partial charge in [0.1, 0.15) is 0 Å². The van der Waals surface area contributed by atoms with Crippen molar-refractivity contribution in [2.45, 2.75) is 39.3 Å². The fourth-order valence-electron chi connectivity index (χ4n) is 2.73. The summed E-state index contributed by atoms with van der Waals surface area (Å²) in [6.07, 6.45) is 4.03. The number of nitrogens with zero attached hydrogens (tertiary/aromatic N) is 2. The fraction of sp³-hybridized carbons (Fsp3) is 0.400. The van der Waals surface area contributed by atoms with Crippen LogP contribution in [0.5, 0.6) is 0 Å². The second-order valence-electron chi connectivity index (χ2n) is 5.24. The Bertz CT molecular complexity index is 583. The van der Waals surface area contributed by atoms with Crippen LogP contribution >= 0.6 is 0 Å². The molecule has 3 nitrogen and oxygen atoms in total. The van der Waals surface area contributed by atoms with Gasteiger partial charge in [0, 0.05) is 23.8 Å². The highest BCUT2D eigenvalue weighted by molar-refractivity contribution is 5.67. The van der Waals surface area contributed by atoms with Gasteiger partial charge < -0.3 is 10.3 Å². The van der Waals surface area contributed by atoms with Crippen molar-refractivity contribution in [1.82, 2.24) is 9.55 Å². The van der Waals surface area contributed by atoms with E-state index in [1.807, 2.05) is 6.33 Å². The molecule has 2 heterocycles. The van der Waals surface area contributed by atoms with Gasteiger partial charge in [0.05, 0.1) is 12.0 Å². The molecule has 1 unspecified atom stereocenters. The van der Waals surface area contributed by atoms with Crippen LogP contribution in [0.2, 0.25) is 0 Å². The molecule has 1 aliphatic rings. The first-order chi connectivity index (χ1) is 8.66. The number of hydrogen-bond acceptors (Lipinski definition) is 2. The third-order valence-electron chi connectivity index (χ3n) is 3.99. The summed E-state index contributed by atoms with van der Waals surface area (Å²) in [5.74, 6) is 0. The largest absolute Gasteiger partial charge is 0.332 e. The molecule has 3 rings (SSSR count). The van der Waals surface area contributed by atoms with Crippen LogP contribution < -0.4 is 5.73 Å². The second kappa shape index (κ2) is 4.25. The van der Waals surface area contributed by atoms with E-state index in [0.29, 0.717) is 0 Å². The maximum Gasteiger partial charge on any atom is 0.0956 e. The predicted octanol–water partition coefficient (Wildman–Crippen LogP) is 2.44. The van der Waals surface area contributed by atoms with E-state index in [9.17, 15) is 0 Å². The van der Waals surface area contributed by atoms with Crippen LogP contribution in [0.25, 0.3) is 11.3 Å². The average Bonchev–Trinajstić information content (AvgIpc) is 2.75. The minimum atomic E-state index is 0.276. The maximum absolute atomic E-state index is 6.00. The molecule has 0 saturated carbocycles. The molecule has 2 aromatic rings. The Labute approximate surface area is 108 Å². The first kappa shape index (κ1) is 11.5. The Morgan fingerprint density at radius 3 is 3.00 bits per heavy atom. The number of hydrogen-bond donors (Lipinski definition) is 1. The van der Waals surface area contributed by atoms with Gasteiger partial charge in [-0.05, 0) is 37.8 Å². The van der Waals surface area contributed by atoms with Crippen LogP contribution in [0.4, 0.5) is 0 Å². The molecule has 0 radical (unpaired) electrons. The molecule has 2 N–H and O–H groups in total. The highest BCUT2D eigenvalue weighted by atomic mass is 15.1. The van der Waals surface area contributed by atoms with Crippen LogP contribution in [-0.4, -0.2) is 15.6 Å². The Morgan fingerprint density at radius 2 is 2.17 bits per heavy atom. The number of aromatic nitrogens is 2. The number of aryl methyl sites for hydroxylation is 1. The molecule has 3 heteroatoms. The first-order valence-electron chi connectivity index (χ1n) is 6.53. The number of rotatable bonds is 1. The smallest absolute Gasteiger partial charge is 0.0956 e. The first-order valence-corrected chi connectivity index (χ1v) is 6.53. The van der Waals surface area contributed by atoms with E-state index in [4.69, 9.17) is 5.73 Å². The Hall–Kier alpha value is -1.61. The lowest BCUT2D eigenvalue weighted by Crippen LogP contribution is -2.31. The average molecular weight is 241 g/mol. The summed E-state index contributed by atoms with van der Waals surface area (Å²) in [6, 6.07) is 6.70. The molecule has 1 aliphatic heterocycles. The summed E-state index contributed by atoms with van der Waals surface area (Å²) >= 11 is 0. The van der Waals surface area contributed by atoms with Crippen molar-refractivity contribution in [3.05, 3.63) is 41.3 Å². The highest BCUT2D eigenvalue weighted by Crippen LogP contribution is 2.29. The van der Waals surface area contributed by atoms with E-state index in [1.165, 1.54) is 22.4 Å². The zero-order valence-corrected chi connectivity index (χ0v) is 11.0. The summed E-state index contributed by atoms with van der Waals surface area (Å²) in [5.41, 5.74) is 12.4. The lowest BCUT2D eigenvalue weighted by molar-refractivity contribution is 0.461.